The number of nitrogens with zero attached hydrogens (tertiary/aromatic N) is 1. The Morgan fingerprint density at radius 2 is 2.40 bits per heavy atom. The molecular weight excluding hydrogens is 130 g/mol. The van der Waals surface area contributed by atoms with Crippen LogP contribution in [-0.2, 0) is 9.53 Å². The van der Waals surface area contributed by atoms with E-state index in [1.165, 1.54) is 12.9 Å². The molecule has 1 radical (unpaired) electrons. The summed E-state index contributed by atoms with van der Waals surface area (Å²) in [4.78, 5) is 12.0. The molecule has 0 bridgehead atoms. The van der Waals surface area contributed by atoms with Gasteiger partial charge in [0.05, 0.1) is 0 Å². The maximum atomic E-state index is 9.84. The van der Waals surface area contributed by atoms with Crippen LogP contribution in [-0.4, -0.2) is 30.7 Å². The first kappa shape index (κ1) is 7.54. The van der Waals surface area contributed by atoms with Gasteiger partial charge in [-0.2, -0.15) is 0 Å². The van der Waals surface area contributed by atoms with Gasteiger partial charge in [0.1, 0.15) is 0 Å². The highest BCUT2D eigenvalue weighted by Gasteiger charge is 2.23. The van der Waals surface area contributed by atoms with Crippen molar-refractivity contribution in [1.82, 2.24) is 4.90 Å². The predicted molar refractivity (Wildman–Crippen MR) is 37.0 cm³/mol. The molecule has 3 heteroatoms. The summed E-state index contributed by atoms with van der Waals surface area (Å²) in [6.07, 6.45) is 2.06. The van der Waals surface area contributed by atoms with E-state index in [0.717, 1.165) is 19.5 Å². The third kappa shape index (κ3) is 1.48. The first-order chi connectivity index (χ1) is 4.88. The SMILES string of the molecule is CCC(O[C]=O)N1CCC1. The number of hydrogen-bond donors (Lipinski definition) is 0. The van der Waals surface area contributed by atoms with Crippen LogP contribution in [0.2, 0.25) is 0 Å². The first-order valence-corrected chi connectivity index (χ1v) is 3.65. The van der Waals surface area contributed by atoms with E-state index in [2.05, 4.69) is 4.90 Å². The van der Waals surface area contributed by atoms with Crippen molar-refractivity contribution in [2.75, 3.05) is 13.1 Å². The maximum absolute atomic E-state index is 9.84. The van der Waals surface area contributed by atoms with Crippen LogP contribution in [0.4, 0.5) is 0 Å². The zero-order valence-corrected chi connectivity index (χ0v) is 6.17. The zero-order chi connectivity index (χ0) is 7.40. The van der Waals surface area contributed by atoms with E-state index in [1.807, 2.05) is 6.92 Å². The third-order valence-corrected chi connectivity index (χ3v) is 1.83. The minimum Gasteiger partial charge on any atom is -0.438 e. The van der Waals surface area contributed by atoms with Crippen LogP contribution in [0.15, 0.2) is 0 Å². The van der Waals surface area contributed by atoms with Crippen molar-refractivity contribution in [3.63, 3.8) is 0 Å². The van der Waals surface area contributed by atoms with Gasteiger partial charge in [-0.05, 0) is 12.8 Å². The molecule has 57 valence electrons. The Morgan fingerprint density at radius 1 is 1.70 bits per heavy atom. The molecule has 1 aliphatic heterocycles. The minimum atomic E-state index is -0.0220. The van der Waals surface area contributed by atoms with Crippen LogP contribution in [0.1, 0.15) is 19.8 Å². The van der Waals surface area contributed by atoms with Gasteiger partial charge in [0.2, 0.25) is 0 Å². The van der Waals surface area contributed by atoms with Crippen LogP contribution in [0.25, 0.3) is 0 Å². The average molecular weight is 142 g/mol. The molecule has 1 fully saturated rings. The molecule has 0 amide bonds. The lowest BCUT2D eigenvalue weighted by Gasteiger charge is -2.35. The normalized spacial score (nSPS) is 21.3. The van der Waals surface area contributed by atoms with Gasteiger partial charge in [0, 0.05) is 13.1 Å². The van der Waals surface area contributed by atoms with Gasteiger partial charge in [0.25, 0.3) is 0 Å². The standard InChI is InChI=1S/C7H12NO2/c1-2-7(10-6-9)8-4-3-5-8/h7H,2-5H2,1H3. The second kappa shape index (κ2) is 3.56. The van der Waals surface area contributed by atoms with Crippen LogP contribution in [0.3, 0.4) is 0 Å². The number of carbonyl (C=O) groups excluding carboxylic acids is 1. The highest BCUT2D eigenvalue weighted by molar-refractivity contribution is 5.38. The first-order valence-electron chi connectivity index (χ1n) is 3.65. The molecule has 1 rings (SSSR count). The lowest BCUT2D eigenvalue weighted by atomic mass is 10.2. The fourth-order valence-corrected chi connectivity index (χ4v) is 1.10. The van der Waals surface area contributed by atoms with E-state index in [9.17, 15) is 4.79 Å². The molecule has 0 saturated carbocycles. The minimum absolute atomic E-state index is 0.0220. The Balaban J connectivity index is 2.23. The second-order valence-corrected chi connectivity index (χ2v) is 2.45. The van der Waals surface area contributed by atoms with Crippen molar-refractivity contribution in [1.29, 1.82) is 0 Å². The summed E-state index contributed by atoms with van der Waals surface area (Å²) in [6, 6.07) is 0. The van der Waals surface area contributed by atoms with Crippen molar-refractivity contribution in [2.45, 2.75) is 26.0 Å². The molecule has 3 nitrogen and oxygen atoms in total. The van der Waals surface area contributed by atoms with E-state index >= 15 is 0 Å². The van der Waals surface area contributed by atoms with Crippen LogP contribution in [0, 0.1) is 0 Å². The summed E-state index contributed by atoms with van der Waals surface area (Å²) in [5.41, 5.74) is 0. The molecule has 0 aromatic heterocycles. The van der Waals surface area contributed by atoms with E-state index in [1.54, 1.807) is 0 Å². The van der Waals surface area contributed by atoms with Gasteiger partial charge in [-0.15, -0.1) is 0 Å². The van der Waals surface area contributed by atoms with Crippen molar-refractivity contribution in [3.8, 4) is 0 Å². The number of hydrogen-bond acceptors (Lipinski definition) is 3. The molecule has 0 spiro atoms. The summed E-state index contributed by atoms with van der Waals surface area (Å²) in [7, 11) is 0. The summed E-state index contributed by atoms with van der Waals surface area (Å²) in [5, 5.41) is 0. The average Bonchev–Trinajstić information content (AvgIpc) is 1.83. The summed E-state index contributed by atoms with van der Waals surface area (Å²) in [5.74, 6) is 0. The zero-order valence-electron chi connectivity index (χ0n) is 6.17. The summed E-state index contributed by atoms with van der Waals surface area (Å²) in [6.45, 7) is 5.59. The monoisotopic (exact) mass is 142 g/mol. The predicted octanol–water partition coefficient (Wildman–Crippen LogP) is 0.512. The van der Waals surface area contributed by atoms with Gasteiger partial charge in [-0.25, -0.2) is 4.79 Å². The van der Waals surface area contributed by atoms with Crippen molar-refractivity contribution in [2.24, 2.45) is 0 Å². The quantitative estimate of drug-likeness (QED) is 0.573. The number of ether oxygens (including phenoxy) is 1. The number of likely N-dealkylation sites (tertiary alicyclic amines) is 1. The van der Waals surface area contributed by atoms with Crippen LogP contribution >= 0.6 is 0 Å². The number of rotatable bonds is 4. The Hall–Kier alpha value is -0.570. The smallest absolute Gasteiger partial charge is 0.419 e. The van der Waals surface area contributed by atoms with Crippen molar-refractivity contribution < 1.29 is 9.53 Å². The highest BCUT2D eigenvalue weighted by Crippen LogP contribution is 2.13. The molecule has 1 atom stereocenters. The van der Waals surface area contributed by atoms with Gasteiger partial charge >= 0.3 is 6.47 Å². The van der Waals surface area contributed by atoms with Gasteiger partial charge < -0.3 is 4.74 Å². The third-order valence-electron chi connectivity index (χ3n) is 1.83. The molecule has 0 aromatic carbocycles. The van der Waals surface area contributed by atoms with Crippen LogP contribution in [0.5, 0.6) is 0 Å². The largest absolute Gasteiger partial charge is 0.438 e. The van der Waals surface area contributed by atoms with Crippen molar-refractivity contribution >= 4 is 6.47 Å². The molecule has 0 aliphatic carbocycles. The second-order valence-electron chi connectivity index (χ2n) is 2.45. The lowest BCUT2D eigenvalue weighted by molar-refractivity contribution is -0.0272. The maximum Gasteiger partial charge on any atom is 0.419 e. The van der Waals surface area contributed by atoms with Crippen molar-refractivity contribution in [3.05, 3.63) is 0 Å². The highest BCUT2D eigenvalue weighted by atomic mass is 16.5. The molecule has 1 unspecified atom stereocenters. The Labute approximate surface area is 61.0 Å². The molecule has 1 aliphatic rings. The fraction of sp³-hybridized carbons (Fsp3) is 0.857. The Bertz CT molecular complexity index is 112. The van der Waals surface area contributed by atoms with E-state index < -0.39 is 0 Å². The summed E-state index contributed by atoms with van der Waals surface area (Å²) < 4.78 is 4.72. The Morgan fingerprint density at radius 3 is 2.70 bits per heavy atom. The van der Waals surface area contributed by atoms with E-state index in [-0.39, 0.29) is 6.23 Å². The van der Waals surface area contributed by atoms with Crippen LogP contribution < -0.4 is 0 Å². The topological polar surface area (TPSA) is 29.5 Å². The molecule has 10 heavy (non-hydrogen) atoms. The molecule has 1 heterocycles. The molecule has 1 saturated heterocycles. The van der Waals surface area contributed by atoms with E-state index in [0.29, 0.717) is 0 Å². The summed E-state index contributed by atoms with van der Waals surface area (Å²) >= 11 is 0. The van der Waals surface area contributed by atoms with Gasteiger partial charge in [-0.3, -0.25) is 4.90 Å². The van der Waals surface area contributed by atoms with Gasteiger partial charge in [0.15, 0.2) is 6.23 Å². The Kier molecular flexibility index (Phi) is 2.68. The van der Waals surface area contributed by atoms with Gasteiger partial charge in [-0.1, -0.05) is 6.92 Å². The molecular formula is C7H12NO2. The fourth-order valence-electron chi connectivity index (χ4n) is 1.10. The lowest BCUT2D eigenvalue weighted by Crippen LogP contribution is -2.45. The molecule has 0 N–H and O–H groups in total. The molecule has 0 aromatic rings. The van der Waals surface area contributed by atoms with E-state index in [4.69, 9.17) is 4.74 Å².